The summed E-state index contributed by atoms with van der Waals surface area (Å²) in [4.78, 5) is 2.11. The summed E-state index contributed by atoms with van der Waals surface area (Å²) in [6.45, 7) is 1.73. The van der Waals surface area contributed by atoms with Crippen molar-refractivity contribution in [3.63, 3.8) is 0 Å². The monoisotopic (exact) mass is 365 g/mol. The third kappa shape index (κ3) is 5.07. The maximum absolute atomic E-state index is 11.8. The fourth-order valence-corrected chi connectivity index (χ4v) is 4.73. The number of furan rings is 1. The Labute approximate surface area is 148 Å². The fraction of sp³-hybridized carbons (Fsp3) is 0.444. The Morgan fingerprint density at radius 2 is 2.00 bits per heavy atom. The predicted molar refractivity (Wildman–Crippen MR) is 94.6 cm³/mol. The number of para-hydroxylation sites is 1. The average molecular weight is 365 g/mol. The molecular weight excluding hydrogens is 342 g/mol. The highest BCUT2D eigenvalue weighted by atomic mass is 32.2. The van der Waals surface area contributed by atoms with Crippen LogP contribution >= 0.6 is 0 Å². The van der Waals surface area contributed by atoms with Gasteiger partial charge in [-0.15, -0.1) is 0 Å². The summed E-state index contributed by atoms with van der Waals surface area (Å²) in [7, 11) is -1.29. The molecule has 3 rings (SSSR count). The molecule has 0 radical (unpaired) electrons. The van der Waals surface area contributed by atoms with Gasteiger partial charge in [0.25, 0.3) is 5.95 Å². The van der Waals surface area contributed by atoms with Gasteiger partial charge in [-0.05, 0) is 24.6 Å². The van der Waals surface area contributed by atoms with Gasteiger partial charge in [-0.1, -0.05) is 18.2 Å². The maximum atomic E-state index is 11.8. The highest BCUT2D eigenvalue weighted by Crippen LogP contribution is 2.26. The summed E-state index contributed by atoms with van der Waals surface area (Å²) >= 11 is 0. The van der Waals surface area contributed by atoms with E-state index in [9.17, 15) is 8.42 Å². The van der Waals surface area contributed by atoms with Crippen LogP contribution in [0.1, 0.15) is 12.2 Å². The van der Waals surface area contributed by atoms with Gasteiger partial charge in [-0.2, -0.15) is 0 Å². The molecule has 0 saturated carbocycles. The van der Waals surface area contributed by atoms with Gasteiger partial charge in [0.05, 0.1) is 24.7 Å². The van der Waals surface area contributed by atoms with Crippen LogP contribution in [0.3, 0.4) is 0 Å². The number of hydrogen-bond acceptors (Lipinski definition) is 6. The number of ether oxygens (including phenoxy) is 2. The highest BCUT2D eigenvalue weighted by molar-refractivity contribution is 7.91. The molecule has 136 valence electrons. The largest absolute Gasteiger partial charge is 0.429 e. The van der Waals surface area contributed by atoms with Crippen molar-refractivity contribution in [2.45, 2.75) is 19.0 Å². The summed E-state index contributed by atoms with van der Waals surface area (Å²) < 4.78 is 40.1. The standard InChI is InChI=1S/C18H23NO5S/c1-22-11-10-19(15-9-12-25(20,21)14-15)13-17-7-8-18(24-17)23-16-5-3-2-4-6-16/h2-8,15H,9-14H2,1H3. The molecule has 0 spiro atoms. The van der Waals surface area contributed by atoms with E-state index in [4.69, 9.17) is 13.9 Å². The highest BCUT2D eigenvalue weighted by Gasteiger charge is 2.32. The molecule has 1 aromatic heterocycles. The lowest BCUT2D eigenvalue weighted by molar-refractivity contribution is 0.114. The van der Waals surface area contributed by atoms with Gasteiger partial charge in [-0.25, -0.2) is 8.42 Å². The Bertz CT molecular complexity index is 772. The van der Waals surface area contributed by atoms with Crippen molar-refractivity contribution in [2.75, 3.05) is 31.8 Å². The first-order valence-corrected chi connectivity index (χ1v) is 10.1. The van der Waals surface area contributed by atoms with Crippen molar-refractivity contribution < 1.29 is 22.3 Å². The minimum Gasteiger partial charge on any atom is -0.429 e. The van der Waals surface area contributed by atoms with Crippen LogP contribution in [0.5, 0.6) is 11.7 Å². The van der Waals surface area contributed by atoms with E-state index in [2.05, 4.69) is 4.90 Å². The first kappa shape index (κ1) is 18.0. The summed E-state index contributed by atoms with van der Waals surface area (Å²) in [6.07, 6.45) is 0.653. The average Bonchev–Trinajstić information content (AvgIpc) is 3.18. The normalized spacial score (nSPS) is 19.4. The molecule has 25 heavy (non-hydrogen) atoms. The number of rotatable bonds is 8. The van der Waals surface area contributed by atoms with Crippen molar-refractivity contribution >= 4 is 9.84 Å². The van der Waals surface area contributed by atoms with Crippen LogP contribution in [-0.4, -0.2) is 51.1 Å². The SMILES string of the molecule is COCCN(Cc1ccc(Oc2ccccc2)o1)C1CCS(=O)(=O)C1. The Hall–Kier alpha value is -1.83. The molecule has 7 heteroatoms. The second kappa shape index (κ2) is 8.03. The number of methoxy groups -OCH3 is 1. The van der Waals surface area contributed by atoms with E-state index in [1.165, 1.54) is 0 Å². The minimum absolute atomic E-state index is 0.00346. The van der Waals surface area contributed by atoms with Crippen LogP contribution in [-0.2, 0) is 21.1 Å². The number of sulfone groups is 1. The second-order valence-corrected chi connectivity index (χ2v) is 8.38. The van der Waals surface area contributed by atoms with Gasteiger partial charge in [0, 0.05) is 25.8 Å². The summed E-state index contributed by atoms with van der Waals surface area (Å²) in [5.74, 6) is 2.33. The zero-order chi connectivity index (χ0) is 17.7. The van der Waals surface area contributed by atoms with Crippen molar-refractivity contribution in [3.05, 3.63) is 48.2 Å². The van der Waals surface area contributed by atoms with E-state index in [1.807, 2.05) is 36.4 Å². The molecule has 0 N–H and O–H groups in total. The lowest BCUT2D eigenvalue weighted by Gasteiger charge is -2.26. The van der Waals surface area contributed by atoms with Gasteiger partial charge >= 0.3 is 0 Å². The Morgan fingerprint density at radius 1 is 1.20 bits per heavy atom. The first-order valence-electron chi connectivity index (χ1n) is 8.31. The van der Waals surface area contributed by atoms with Crippen molar-refractivity contribution in [1.82, 2.24) is 4.90 Å². The van der Waals surface area contributed by atoms with E-state index in [0.717, 1.165) is 5.76 Å². The molecule has 0 bridgehead atoms. The first-order chi connectivity index (χ1) is 12.1. The van der Waals surface area contributed by atoms with Crippen LogP contribution in [0.25, 0.3) is 0 Å². The lowest BCUT2D eigenvalue weighted by atomic mass is 10.2. The molecule has 0 aliphatic carbocycles. The molecular formula is C18H23NO5S. The predicted octanol–water partition coefficient (Wildman–Crippen LogP) is 2.71. The summed E-state index contributed by atoms with van der Waals surface area (Å²) in [5, 5.41) is 0. The third-order valence-electron chi connectivity index (χ3n) is 4.26. The van der Waals surface area contributed by atoms with Crippen LogP contribution in [0.15, 0.2) is 46.9 Å². The van der Waals surface area contributed by atoms with Gasteiger partial charge in [-0.3, -0.25) is 4.90 Å². The topological polar surface area (TPSA) is 69.0 Å². The van der Waals surface area contributed by atoms with Crippen molar-refractivity contribution in [1.29, 1.82) is 0 Å². The number of benzene rings is 1. The van der Waals surface area contributed by atoms with Crippen LogP contribution in [0.2, 0.25) is 0 Å². The molecule has 0 amide bonds. The Balaban J connectivity index is 1.65. The lowest BCUT2D eigenvalue weighted by Crippen LogP contribution is -2.37. The molecule has 2 heterocycles. The van der Waals surface area contributed by atoms with Gasteiger partial charge < -0.3 is 13.9 Å². The molecule has 1 atom stereocenters. The molecule has 1 fully saturated rings. The molecule has 1 aliphatic heterocycles. The van der Waals surface area contributed by atoms with Crippen LogP contribution in [0, 0.1) is 0 Å². The van der Waals surface area contributed by atoms with E-state index < -0.39 is 9.84 Å². The quantitative estimate of drug-likeness (QED) is 0.716. The number of hydrogen-bond donors (Lipinski definition) is 0. The zero-order valence-corrected chi connectivity index (χ0v) is 15.1. The maximum Gasteiger partial charge on any atom is 0.290 e. The number of nitrogens with zero attached hydrogens (tertiary/aromatic N) is 1. The molecule has 1 unspecified atom stereocenters. The van der Waals surface area contributed by atoms with E-state index >= 15 is 0 Å². The Morgan fingerprint density at radius 3 is 2.68 bits per heavy atom. The molecule has 2 aromatic rings. The van der Waals surface area contributed by atoms with Gasteiger partial charge in [0.2, 0.25) is 0 Å². The Kier molecular flexibility index (Phi) is 5.78. The molecule has 1 saturated heterocycles. The molecule has 1 aliphatic rings. The van der Waals surface area contributed by atoms with E-state index in [-0.39, 0.29) is 17.5 Å². The van der Waals surface area contributed by atoms with Crippen LogP contribution in [0.4, 0.5) is 0 Å². The van der Waals surface area contributed by atoms with Crippen molar-refractivity contribution in [2.24, 2.45) is 0 Å². The molecule has 1 aromatic carbocycles. The van der Waals surface area contributed by atoms with Gasteiger partial charge in [0.15, 0.2) is 9.84 Å². The third-order valence-corrected chi connectivity index (χ3v) is 6.02. The van der Waals surface area contributed by atoms with Crippen molar-refractivity contribution in [3.8, 4) is 11.7 Å². The summed E-state index contributed by atoms with van der Waals surface area (Å²) in [5.41, 5.74) is 0. The smallest absolute Gasteiger partial charge is 0.290 e. The summed E-state index contributed by atoms with van der Waals surface area (Å²) in [6, 6.07) is 13.1. The van der Waals surface area contributed by atoms with Gasteiger partial charge in [0.1, 0.15) is 11.5 Å². The van der Waals surface area contributed by atoms with Crippen LogP contribution < -0.4 is 4.74 Å². The second-order valence-electron chi connectivity index (χ2n) is 6.16. The van der Waals surface area contributed by atoms with E-state index in [1.54, 1.807) is 13.2 Å². The fourth-order valence-electron chi connectivity index (χ4n) is 2.97. The zero-order valence-electron chi connectivity index (χ0n) is 14.3. The minimum atomic E-state index is -2.93. The van der Waals surface area contributed by atoms with E-state index in [0.29, 0.717) is 37.8 Å². The molecule has 6 nitrogen and oxygen atoms in total.